The molecule has 0 saturated heterocycles. The minimum atomic E-state index is -3.89. The van der Waals surface area contributed by atoms with Crippen molar-refractivity contribution in [1.82, 2.24) is 4.57 Å². The first kappa shape index (κ1) is 22.1. The lowest BCUT2D eigenvalue weighted by Gasteiger charge is -2.03. The van der Waals surface area contributed by atoms with Crippen molar-refractivity contribution in [2.75, 3.05) is 5.75 Å². The zero-order chi connectivity index (χ0) is 21.9. The number of hydrogen-bond acceptors (Lipinski definition) is 6. The number of aromatic nitrogens is 1. The quantitative estimate of drug-likeness (QED) is 0.530. The van der Waals surface area contributed by atoms with E-state index < -0.39 is 31.5 Å². The summed E-state index contributed by atoms with van der Waals surface area (Å²) >= 11 is 1.07. The second-order valence-electron chi connectivity index (χ2n) is 6.48. The molecule has 3 aromatic rings. The molecule has 0 atom stereocenters. The lowest BCUT2D eigenvalue weighted by molar-refractivity contribution is -0.115. The van der Waals surface area contributed by atoms with Crippen LogP contribution < -0.4 is 9.94 Å². The fraction of sp³-hybridized carbons (Fsp3) is 0.158. The zero-order valence-electron chi connectivity index (χ0n) is 15.8. The second kappa shape index (κ2) is 8.64. The van der Waals surface area contributed by atoms with Crippen LogP contribution in [0.4, 0.5) is 0 Å². The highest BCUT2D eigenvalue weighted by atomic mass is 32.2. The van der Waals surface area contributed by atoms with Crippen LogP contribution in [0.5, 0.6) is 0 Å². The molecule has 2 aromatic carbocycles. The summed E-state index contributed by atoms with van der Waals surface area (Å²) in [6, 6.07) is 12.9. The maximum Gasteiger partial charge on any atom is 0.263 e. The number of rotatable bonds is 7. The fourth-order valence-electron chi connectivity index (χ4n) is 2.83. The Bertz CT molecular complexity index is 1390. The van der Waals surface area contributed by atoms with Crippen LogP contribution in [0.1, 0.15) is 5.56 Å². The first-order valence-electron chi connectivity index (χ1n) is 8.68. The summed E-state index contributed by atoms with van der Waals surface area (Å²) in [5, 5.41) is 5.17. The highest BCUT2D eigenvalue weighted by molar-refractivity contribution is 7.91. The molecule has 1 aromatic heterocycles. The number of thiazole rings is 1. The van der Waals surface area contributed by atoms with Crippen LogP contribution in [0, 0.1) is 0 Å². The number of amides is 1. The Hall–Kier alpha value is -2.60. The van der Waals surface area contributed by atoms with Gasteiger partial charge in [0.1, 0.15) is 5.75 Å². The minimum Gasteiger partial charge on any atom is -0.313 e. The van der Waals surface area contributed by atoms with Crippen LogP contribution in [0.25, 0.3) is 10.2 Å². The maximum atomic E-state index is 12.4. The number of carbonyl (C=O) groups is 1. The van der Waals surface area contributed by atoms with E-state index in [0.717, 1.165) is 11.3 Å². The Morgan fingerprint density at radius 1 is 1.13 bits per heavy atom. The summed E-state index contributed by atoms with van der Waals surface area (Å²) in [5.74, 6) is -1.79. The van der Waals surface area contributed by atoms with Crippen molar-refractivity contribution in [3.05, 3.63) is 71.6 Å². The molecular formula is C19H19N3O5S3. The van der Waals surface area contributed by atoms with Gasteiger partial charge in [0.2, 0.25) is 10.0 Å². The van der Waals surface area contributed by atoms with E-state index in [1.165, 1.54) is 12.1 Å². The van der Waals surface area contributed by atoms with Gasteiger partial charge in [0.15, 0.2) is 14.6 Å². The Labute approximate surface area is 178 Å². The van der Waals surface area contributed by atoms with Crippen LogP contribution in [0.2, 0.25) is 0 Å². The van der Waals surface area contributed by atoms with Crippen LogP contribution in [0.15, 0.2) is 71.1 Å². The average molecular weight is 466 g/mol. The van der Waals surface area contributed by atoms with Gasteiger partial charge >= 0.3 is 0 Å². The van der Waals surface area contributed by atoms with Gasteiger partial charge in [-0.15, -0.1) is 6.58 Å². The van der Waals surface area contributed by atoms with Gasteiger partial charge in [0.05, 0.1) is 20.9 Å². The standard InChI is InChI=1S/C19H19N3O5S3/c1-2-10-22-16-9-8-15(30(20,26)27)11-17(16)28-19(22)21-18(23)13-29(24,25)12-14-6-4-3-5-7-14/h2-9,11H,1,10,12-13H2,(H2,20,26,27). The van der Waals surface area contributed by atoms with Gasteiger partial charge in [-0.1, -0.05) is 47.7 Å². The zero-order valence-corrected chi connectivity index (χ0v) is 18.2. The van der Waals surface area contributed by atoms with Gasteiger partial charge < -0.3 is 4.57 Å². The van der Waals surface area contributed by atoms with Gasteiger partial charge in [0, 0.05) is 6.54 Å². The largest absolute Gasteiger partial charge is 0.313 e. The van der Waals surface area contributed by atoms with Gasteiger partial charge in [-0.25, -0.2) is 22.0 Å². The van der Waals surface area contributed by atoms with E-state index >= 15 is 0 Å². The lowest BCUT2D eigenvalue weighted by Crippen LogP contribution is -2.21. The maximum absolute atomic E-state index is 12.4. The fourth-order valence-corrected chi connectivity index (χ4v) is 5.78. The predicted octanol–water partition coefficient (Wildman–Crippen LogP) is 1.58. The third-order valence-corrected chi connectivity index (χ3v) is 7.50. The van der Waals surface area contributed by atoms with Crippen molar-refractivity contribution in [1.29, 1.82) is 0 Å². The van der Waals surface area contributed by atoms with Crippen molar-refractivity contribution in [2.45, 2.75) is 17.2 Å². The van der Waals surface area contributed by atoms with Crippen LogP contribution in [-0.4, -0.2) is 33.1 Å². The van der Waals surface area contributed by atoms with Crippen molar-refractivity contribution < 1.29 is 21.6 Å². The number of benzene rings is 2. The van der Waals surface area contributed by atoms with E-state index in [2.05, 4.69) is 11.6 Å². The van der Waals surface area contributed by atoms with E-state index in [1.54, 1.807) is 47.0 Å². The third-order valence-electron chi connectivity index (χ3n) is 4.09. The van der Waals surface area contributed by atoms with Gasteiger partial charge in [0.25, 0.3) is 5.91 Å². The van der Waals surface area contributed by atoms with E-state index in [9.17, 15) is 21.6 Å². The molecule has 158 valence electrons. The molecule has 0 bridgehead atoms. The molecule has 0 aliphatic heterocycles. The van der Waals surface area contributed by atoms with E-state index in [4.69, 9.17) is 5.14 Å². The summed E-state index contributed by atoms with van der Waals surface area (Å²) in [6.45, 7) is 3.97. The molecule has 0 spiro atoms. The highest BCUT2D eigenvalue weighted by Gasteiger charge is 2.18. The lowest BCUT2D eigenvalue weighted by atomic mass is 10.2. The van der Waals surface area contributed by atoms with Crippen LogP contribution in [-0.2, 0) is 37.0 Å². The Morgan fingerprint density at radius 3 is 2.47 bits per heavy atom. The number of primary sulfonamides is 1. The number of fused-ring (bicyclic) bond motifs is 1. The van der Waals surface area contributed by atoms with Crippen molar-refractivity contribution in [2.24, 2.45) is 10.1 Å². The molecule has 0 saturated carbocycles. The summed E-state index contributed by atoms with van der Waals surface area (Å²) in [6.07, 6.45) is 1.59. The molecule has 2 N–H and O–H groups in total. The molecule has 0 aliphatic rings. The van der Waals surface area contributed by atoms with Gasteiger partial charge in [-0.05, 0) is 23.8 Å². The molecule has 8 nitrogen and oxygen atoms in total. The summed E-state index contributed by atoms with van der Waals surface area (Å²) in [4.78, 5) is 16.5. The molecule has 0 fully saturated rings. The van der Waals surface area contributed by atoms with E-state index in [1.807, 2.05) is 0 Å². The number of sulfonamides is 1. The number of carbonyl (C=O) groups excluding carboxylic acids is 1. The topological polar surface area (TPSA) is 129 Å². The molecular weight excluding hydrogens is 446 g/mol. The molecule has 1 heterocycles. The minimum absolute atomic E-state index is 0.0645. The normalized spacial score (nSPS) is 12.9. The molecule has 3 rings (SSSR count). The number of nitrogens with zero attached hydrogens (tertiary/aromatic N) is 2. The smallest absolute Gasteiger partial charge is 0.263 e. The second-order valence-corrected chi connectivity index (χ2v) is 11.1. The molecule has 0 unspecified atom stereocenters. The van der Waals surface area contributed by atoms with Gasteiger partial charge in [-0.3, -0.25) is 4.79 Å². The third kappa shape index (κ3) is 5.30. The number of allylic oxidation sites excluding steroid dienone is 1. The van der Waals surface area contributed by atoms with Crippen molar-refractivity contribution in [3.63, 3.8) is 0 Å². The summed E-state index contributed by atoms with van der Waals surface area (Å²) in [5.41, 5.74) is 1.22. The Kier molecular flexibility index (Phi) is 6.36. The SMILES string of the molecule is C=CCn1c(=NC(=O)CS(=O)(=O)Cc2ccccc2)sc2cc(S(N)(=O)=O)ccc21. The van der Waals surface area contributed by atoms with E-state index in [0.29, 0.717) is 22.3 Å². The highest BCUT2D eigenvalue weighted by Crippen LogP contribution is 2.21. The number of hydrogen-bond donors (Lipinski definition) is 1. The molecule has 1 amide bonds. The van der Waals surface area contributed by atoms with Gasteiger partial charge in [-0.2, -0.15) is 4.99 Å². The molecule has 0 radical (unpaired) electrons. The molecule has 11 heteroatoms. The van der Waals surface area contributed by atoms with E-state index in [-0.39, 0.29) is 15.4 Å². The molecule has 30 heavy (non-hydrogen) atoms. The van der Waals surface area contributed by atoms with Crippen molar-refractivity contribution >= 4 is 47.3 Å². The Morgan fingerprint density at radius 2 is 1.83 bits per heavy atom. The van der Waals surface area contributed by atoms with Crippen LogP contribution in [0.3, 0.4) is 0 Å². The molecule has 0 aliphatic carbocycles. The average Bonchev–Trinajstić information content (AvgIpc) is 2.97. The summed E-state index contributed by atoms with van der Waals surface area (Å²) in [7, 11) is -7.59. The van der Waals surface area contributed by atoms with Crippen LogP contribution >= 0.6 is 11.3 Å². The Balaban J connectivity index is 1.96. The number of sulfone groups is 1. The monoisotopic (exact) mass is 465 g/mol. The predicted molar refractivity (Wildman–Crippen MR) is 116 cm³/mol. The first-order valence-corrected chi connectivity index (χ1v) is 12.9. The number of nitrogens with two attached hydrogens (primary N) is 1. The summed E-state index contributed by atoms with van der Waals surface area (Å²) < 4.78 is 50.1. The first-order chi connectivity index (χ1) is 14.1. The van der Waals surface area contributed by atoms with Crippen molar-refractivity contribution in [3.8, 4) is 0 Å².